The van der Waals surface area contributed by atoms with E-state index in [-0.39, 0.29) is 6.10 Å². The molecule has 1 aliphatic heterocycles. The lowest BCUT2D eigenvalue weighted by Crippen LogP contribution is -2.19. The summed E-state index contributed by atoms with van der Waals surface area (Å²) in [6.07, 6.45) is 9.49. The Labute approximate surface area is 128 Å². The van der Waals surface area contributed by atoms with Crippen LogP contribution in [-0.2, 0) is 4.74 Å². The van der Waals surface area contributed by atoms with Crippen molar-refractivity contribution in [3.8, 4) is 5.75 Å². The van der Waals surface area contributed by atoms with Gasteiger partial charge in [0.25, 0.3) is 0 Å². The van der Waals surface area contributed by atoms with Gasteiger partial charge in [-0.25, -0.2) is 0 Å². The van der Waals surface area contributed by atoms with E-state index in [4.69, 9.17) is 9.47 Å². The molecule has 3 nitrogen and oxygen atoms in total. The summed E-state index contributed by atoms with van der Waals surface area (Å²) in [6, 6.07) is 8.28. The van der Waals surface area contributed by atoms with Crippen LogP contribution in [0, 0.1) is 5.92 Å². The maximum absolute atomic E-state index is 5.97. The molecule has 116 valence electrons. The van der Waals surface area contributed by atoms with Crippen LogP contribution in [0.2, 0.25) is 0 Å². The van der Waals surface area contributed by atoms with Crippen molar-refractivity contribution in [3.63, 3.8) is 0 Å². The van der Waals surface area contributed by atoms with E-state index in [1.165, 1.54) is 32.1 Å². The summed E-state index contributed by atoms with van der Waals surface area (Å²) < 4.78 is 11.6. The van der Waals surface area contributed by atoms with Crippen LogP contribution in [0.1, 0.15) is 44.9 Å². The molecule has 1 saturated heterocycles. The van der Waals surface area contributed by atoms with Crippen LogP contribution in [-0.4, -0.2) is 25.9 Å². The lowest BCUT2D eigenvalue weighted by molar-refractivity contribution is 0.0682. The summed E-state index contributed by atoms with van der Waals surface area (Å²) in [5.74, 6) is 1.79. The molecule has 3 rings (SSSR count). The van der Waals surface area contributed by atoms with E-state index in [1.807, 2.05) is 6.07 Å². The molecule has 0 amide bonds. The highest BCUT2D eigenvalue weighted by atomic mass is 16.5. The van der Waals surface area contributed by atoms with Gasteiger partial charge in [0.2, 0.25) is 0 Å². The number of rotatable bonds is 6. The minimum Gasteiger partial charge on any atom is -0.489 e. The number of hydrogen-bond acceptors (Lipinski definition) is 3. The highest BCUT2D eigenvalue weighted by Gasteiger charge is 2.17. The summed E-state index contributed by atoms with van der Waals surface area (Å²) in [4.78, 5) is 0. The number of hydrogen-bond donors (Lipinski definition) is 1. The van der Waals surface area contributed by atoms with Gasteiger partial charge in [0.15, 0.2) is 0 Å². The molecule has 0 spiro atoms. The number of benzene rings is 1. The van der Waals surface area contributed by atoms with E-state index in [2.05, 4.69) is 23.5 Å². The predicted octanol–water partition coefficient (Wildman–Crippen LogP) is 4.24. The average molecular weight is 289 g/mol. The Hall–Kier alpha value is -1.22. The van der Waals surface area contributed by atoms with E-state index < -0.39 is 0 Å². The molecule has 2 aliphatic rings. The zero-order valence-electron chi connectivity index (χ0n) is 12.9. The Kier molecular flexibility index (Phi) is 5.39. The van der Waals surface area contributed by atoms with Gasteiger partial charge in [0.1, 0.15) is 12.4 Å². The molecule has 1 atom stereocenters. The zero-order chi connectivity index (χ0) is 14.3. The first kappa shape index (κ1) is 14.7. The second-order valence-electron chi connectivity index (χ2n) is 6.33. The number of para-hydroxylation sites is 2. The van der Waals surface area contributed by atoms with Gasteiger partial charge in [0.05, 0.1) is 11.8 Å². The third-order valence-corrected chi connectivity index (χ3v) is 4.64. The van der Waals surface area contributed by atoms with Crippen molar-refractivity contribution in [1.29, 1.82) is 0 Å². The quantitative estimate of drug-likeness (QED) is 0.850. The highest BCUT2D eigenvalue weighted by molar-refractivity contribution is 5.56. The molecule has 1 unspecified atom stereocenters. The van der Waals surface area contributed by atoms with Crippen LogP contribution < -0.4 is 10.1 Å². The van der Waals surface area contributed by atoms with Crippen LogP contribution in [0.15, 0.2) is 24.3 Å². The summed E-state index contributed by atoms with van der Waals surface area (Å²) in [7, 11) is 0. The second kappa shape index (κ2) is 7.69. The first-order chi connectivity index (χ1) is 10.4. The largest absolute Gasteiger partial charge is 0.489 e. The molecular formula is C18H27NO2. The molecule has 1 N–H and O–H groups in total. The Bertz CT molecular complexity index is 423. The normalized spacial score (nSPS) is 23.1. The molecular weight excluding hydrogens is 262 g/mol. The third kappa shape index (κ3) is 4.37. The molecule has 3 heteroatoms. The molecule has 1 heterocycles. The lowest BCUT2D eigenvalue weighted by atomic mass is 9.89. The predicted molar refractivity (Wildman–Crippen MR) is 86.0 cm³/mol. The fourth-order valence-electron chi connectivity index (χ4n) is 3.34. The molecule has 0 aromatic heterocycles. The van der Waals surface area contributed by atoms with Crippen molar-refractivity contribution >= 4 is 5.69 Å². The maximum Gasteiger partial charge on any atom is 0.142 e. The Morgan fingerprint density at radius 1 is 1.05 bits per heavy atom. The van der Waals surface area contributed by atoms with Gasteiger partial charge in [-0.3, -0.25) is 0 Å². The third-order valence-electron chi connectivity index (χ3n) is 4.64. The standard InChI is InChI=1S/C18H27NO2/c1-2-7-15(8-3-1)13-19-17-10-4-5-11-18(17)21-14-16-9-6-12-20-16/h4-5,10-11,15-16,19H,1-3,6-9,12-14H2. The SMILES string of the molecule is c1ccc(OCC2CCCO2)c(NCC2CCCCC2)c1. The van der Waals surface area contributed by atoms with Crippen LogP contribution in [0.3, 0.4) is 0 Å². The van der Waals surface area contributed by atoms with E-state index in [1.54, 1.807) is 0 Å². The molecule has 1 aliphatic carbocycles. The van der Waals surface area contributed by atoms with E-state index in [9.17, 15) is 0 Å². The summed E-state index contributed by atoms with van der Waals surface area (Å²) in [5, 5.41) is 3.59. The summed E-state index contributed by atoms with van der Waals surface area (Å²) in [6.45, 7) is 2.62. The minimum absolute atomic E-state index is 0.274. The molecule has 1 aromatic carbocycles. The first-order valence-corrected chi connectivity index (χ1v) is 8.49. The summed E-state index contributed by atoms with van der Waals surface area (Å²) in [5.41, 5.74) is 1.13. The Balaban J connectivity index is 1.51. The van der Waals surface area contributed by atoms with E-state index in [0.29, 0.717) is 6.61 Å². The van der Waals surface area contributed by atoms with Crippen molar-refractivity contribution in [2.75, 3.05) is 25.1 Å². The number of anilines is 1. The molecule has 21 heavy (non-hydrogen) atoms. The molecule has 0 bridgehead atoms. The minimum atomic E-state index is 0.274. The average Bonchev–Trinajstić information content (AvgIpc) is 3.06. The smallest absolute Gasteiger partial charge is 0.142 e. The fraction of sp³-hybridized carbons (Fsp3) is 0.667. The molecule has 1 aromatic rings. The van der Waals surface area contributed by atoms with E-state index >= 15 is 0 Å². The van der Waals surface area contributed by atoms with Crippen LogP contribution in [0.25, 0.3) is 0 Å². The topological polar surface area (TPSA) is 30.5 Å². The van der Waals surface area contributed by atoms with Crippen molar-refractivity contribution in [3.05, 3.63) is 24.3 Å². The van der Waals surface area contributed by atoms with Crippen LogP contribution in [0.4, 0.5) is 5.69 Å². The van der Waals surface area contributed by atoms with E-state index in [0.717, 1.165) is 43.3 Å². The zero-order valence-corrected chi connectivity index (χ0v) is 12.9. The van der Waals surface area contributed by atoms with Crippen molar-refractivity contribution < 1.29 is 9.47 Å². The molecule has 1 saturated carbocycles. The van der Waals surface area contributed by atoms with Crippen molar-refractivity contribution in [2.24, 2.45) is 5.92 Å². The maximum atomic E-state index is 5.97. The van der Waals surface area contributed by atoms with Gasteiger partial charge in [-0.05, 0) is 43.7 Å². The number of ether oxygens (including phenoxy) is 2. The van der Waals surface area contributed by atoms with Gasteiger partial charge in [0, 0.05) is 13.2 Å². The Morgan fingerprint density at radius 3 is 2.71 bits per heavy atom. The van der Waals surface area contributed by atoms with Crippen molar-refractivity contribution in [1.82, 2.24) is 0 Å². The summed E-state index contributed by atoms with van der Waals surface area (Å²) >= 11 is 0. The lowest BCUT2D eigenvalue weighted by Gasteiger charge is -2.23. The highest BCUT2D eigenvalue weighted by Crippen LogP contribution is 2.28. The molecule has 2 fully saturated rings. The van der Waals surface area contributed by atoms with Crippen LogP contribution >= 0.6 is 0 Å². The monoisotopic (exact) mass is 289 g/mol. The van der Waals surface area contributed by atoms with Gasteiger partial charge in [-0.2, -0.15) is 0 Å². The van der Waals surface area contributed by atoms with Gasteiger partial charge in [-0.1, -0.05) is 31.4 Å². The van der Waals surface area contributed by atoms with Crippen LogP contribution in [0.5, 0.6) is 5.75 Å². The number of nitrogens with one attached hydrogen (secondary N) is 1. The second-order valence-corrected chi connectivity index (χ2v) is 6.33. The molecule has 0 radical (unpaired) electrons. The van der Waals surface area contributed by atoms with Gasteiger partial charge < -0.3 is 14.8 Å². The first-order valence-electron chi connectivity index (χ1n) is 8.49. The van der Waals surface area contributed by atoms with Crippen molar-refractivity contribution in [2.45, 2.75) is 51.0 Å². The van der Waals surface area contributed by atoms with Gasteiger partial charge in [-0.15, -0.1) is 0 Å². The van der Waals surface area contributed by atoms with Gasteiger partial charge >= 0.3 is 0 Å². The Morgan fingerprint density at radius 2 is 1.90 bits per heavy atom. The fourth-order valence-corrected chi connectivity index (χ4v) is 3.34.